The Morgan fingerprint density at radius 3 is 2.25 bits per heavy atom. The van der Waals surface area contributed by atoms with E-state index >= 15 is 0 Å². The highest BCUT2D eigenvalue weighted by molar-refractivity contribution is 5.38. The predicted molar refractivity (Wildman–Crippen MR) is 86.7 cm³/mol. The van der Waals surface area contributed by atoms with E-state index in [2.05, 4.69) is 38.3 Å². The molecule has 3 N–H and O–H groups in total. The third-order valence-electron chi connectivity index (χ3n) is 4.87. The zero-order chi connectivity index (χ0) is 14.5. The van der Waals surface area contributed by atoms with Gasteiger partial charge in [-0.05, 0) is 56.2 Å². The van der Waals surface area contributed by atoms with Crippen LogP contribution in [0.4, 0.5) is 0 Å². The van der Waals surface area contributed by atoms with Gasteiger partial charge in [-0.25, -0.2) is 0 Å². The van der Waals surface area contributed by atoms with Crippen LogP contribution in [-0.4, -0.2) is 6.04 Å². The molecule has 0 amide bonds. The summed E-state index contributed by atoms with van der Waals surface area (Å²) >= 11 is 0. The lowest BCUT2D eigenvalue weighted by molar-refractivity contribution is 0.297. The van der Waals surface area contributed by atoms with Crippen LogP contribution in [0.1, 0.15) is 60.8 Å². The number of aryl methyl sites for hydroxylation is 3. The summed E-state index contributed by atoms with van der Waals surface area (Å²) < 4.78 is 0. The minimum atomic E-state index is 0.415. The van der Waals surface area contributed by atoms with Crippen LogP contribution in [0.15, 0.2) is 12.1 Å². The molecule has 1 aliphatic carbocycles. The fraction of sp³-hybridized carbons (Fsp3) is 0.667. The number of hydrogen-bond acceptors (Lipinski definition) is 2. The number of hydrogen-bond donors (Lipinski definition) is 2. The Balaban J connectivity index is 2.02. The molecule has 1 saturated carbocycles. The van der Waals surface area contributed by atoms with Crippen molar-refractivity contribution in [2.75, 3.05) is 0 Å². The van der Waals surface area contributed by atoms with E-state index in [1.807, 2.05) is 0 Å². The van der Waals surface area contributed by atoms with Crippen LogP contribution < -0.4 is 11.3 Å². The zero-order valence-corrected chi connectivity index (χ0v) is 13.3. The van der Waals surface area contributed by atoms with Crippen molar-refractivity contribution < 1.29 is 0 Å². The molecular weight excluding hydrogens is 244 g/mol. The summed E-state index contributed by atoms with van der Waals surface area (Å²) in [6, 6.07) is 4.99. The quantitative estimate of drug-likeness (QED) is 0.630. The van der Waals surface area contributed by atoms with Gasteiger partial charge in [0.05, 0.1) is 0 Å². The number of hydrazine groups is 1. The molecule has 0 heterocycles. The van der Waals surface area contributed by atoms with Gasteiger partial charge in [-0.3, -0.25) is 11.3 Å². The van der Waals surface area contributed by atoms with Crippen LogP contribution in [0.5, 0.6) is 0 Å². The van der Waals surface area contributed by atoms with Crippen molar-refractivity contribution in [2.45, 2.75) is 71.8 Å². The van der Waals surface area contributed by atoms with Gasteiger partial charge in [0, 0.05) is 6.04 Å². The Labute approximate surface area is 124 Å². The summed E-state index contributed by atoms with van der Waals surface area (Å²) in [6.07, 6.45) is 9.31. The lowest BCUT2D eigenvalue weighted by Gasteiger charge is -2.27. The lowest BCUT2D eigenvalue weighted by atomic mass is 9.83. The summed E-state index contributed by atoms with van der Waals surface area (Å²) in [5.41, 5.74) is 8.72. The van der Waals surface area contributed by atoms with Crippen molar-refractivity contribution in [3.63, 3.8) is 0 Å². The second-order valence-corrected chi connectivity index (χ2v) is 6.68. The normalized spacial score (nSPS) is 18.2. The molecule has 1 atom stereocenters. The van der Waals surface area contributed by atoms with E-state index in [0.717, 1.165) is 12.3 Å². The van der Waals surface area contributed by atoms with E-state index in [1.54, 1.807) is 0 Å². The molecule has 0 saturated heterocycles. The first-order valence-corrected chi connectivity index (χ1v) is 8.13. The van der Waals surface area contributed by atoms with Crippen molar-refractivity contribution in [3.05, 3.63) is 34.4 Å². The van der Waals surface area contributed by atoms with Crippen molar-refractivity contribution in [2.24, 2.45) is 11.8 Å². The fourth-order valence-electron chi connectivity index (χ4n) is 3.81. The predicted octanol–water partition coefficient (Wildman–Crippen LogP) is 3.96. The number of benzene rings is 1. The van der Waals surface area contributed by atoms with E-state index in [4.69, 9.17) is 5.84 Å². The Bertz CT molecular complexity index is 410. The second kappa shape index (κ2) is 7.24. The minimum absolute atomic E-state index is 0.415. The largest absolute Gasteiger partial charge is 0.271 e. The first-order chi connectivity index (χ1) is 9.60. The summed E-state index contributed by atoms with van der Waals surface area (Å²) in [5, 5.41) is 0. The lowest BCUT2D eigenvalue weighted by Crippen LogP contribution is -2.38. The second-order valence-electron chi connectivity index (χ2n) is 6.68. The molecule has 0 aromatic heterocycles. The molecule has 0 aliphatic heterocycles. The topological polar surface area (TPSA) is 38.0 Å². The Morgan fingerprint density at radius 1 is 1.10 bits per heavy atom. The fourth-order valence-corrected chi connectivity index (χ4v) is 3.81. The van der Waals surface area contributed by atoms with Crippen molar-refractivity contribution >= 4 is 0 Å². The average Bonchev–Trinajstić information content (AvgIpc) is 2.42. The Morgan fingerprint density at radius 2 is 1.70 bits per heavy atom. The third-order valence-corrected chi connectivity index (χ3v) is 4.87. The van der Waals surface area contributed by atoms with Gasteiger partial charge in [-0.15, -0.1) is 0 Å². The van der Waals surface area contributed by atoms with Crippen LogP contribution in [0.25, 0.3) is 0 Å². The molecule has 20 heavy (non-hydrogen) atoms. The molecule has 0 radical (unpaired) electrons. The highest BCUT2D eigenvalue weighted by Gasteiger charge is 2.19. The van der Waals surface area contributed by atoms with Crippen LogP contribution in [0.3, 0.4) is 0 Å². The monoisotopic (exact) mass is 274 g/mol. The van der Waals surface area contributed by atoms with Crippen molar-refractivity contribution in [1.29, 1.82) is 0 Å². The van der Waals surface area contributed by atoms with Gasteiger partial charge in [0.2, 0.25) is 0 Å². The maximum Gasteiger partial charge on any atom is 0.0253 e. The molecule has 1 aromatic carbocycles. The van der Waals surface area contributed by atoms with E-state index in [-0.39, 0.29) is 0 Å². The van der Waals surface area contributed by atoms with Gasteiger partial charge in [-0.1, -0.05) is 49.8 Å². The molecule has 2 heteroatoms. The summed E-state index contributed by atoms with van der Waals surface area (Å²) in [6.45, 7) is 6.62. The van der Waals surface area contributed by atoms with Crippen LogP contribution in [0.2, 0.25) is 0 Å². The first-order valence-electron chi connectivity index (χ1n) is 8.13. The SMILES string of the molecule is Cc1cc(C)c(CC(CC2CCCCC2)NN)c(C)c1. The third kappa shape index (κ3) is 4.07. The zero-order valence-electron chi connectivity index (χ0n) is 13.3. The van der Waals surface area contributed by atoms with Gasteiger partial charge >= 0.3 is 0 Å². The van der Waals surface area contributed by atoms with E-state index in [9.17, 15) is 0 Å². The van der Waals surface area contributed by atoms with E-state index in [1.165, 1.54) is 60.8 Å². The molecule has 2 rings (SSSR count). The maximum atomic E-state index is 5.82. The van der Waals surface area contributed by atoms with E-state index < -0.39 is 0 Å². The molecular formula is C18H30N2. The van der Waals surface area contributed by atoms with Crippen LogP contribution >= 0.6 is 0 Å². The van der Waals surface area contributed by atoms with Gasteiger partial charge < -0.3 is 0 Å². The average molecular weight is 274 g/mol. The molecule has 1 aromatic rings. The van der Waals surface area contributed by atoms with Gasteiger partial charge in [-0.2, -0.15) is 0 Å². The van der Waals surface area contributed by atoms with Gasteiger partial charge in [0.1, 0.15) is 0 Å². The maximum absolute atomic E-state index is 5.82. The van der Waals surface area contributed by atoms with Gasteiger partial charge in [0.15, 0.2) is 0 Å². The number of nitrogens with one attached hydrogen (secondary N) is 1. The minimum Gasteiger partial charge on any atom is -0.271 e. The van der Waals surface area contributed by atoms with Crippen molar-refractivity contribution in [3.8, 4) is 0 Å². The standard InChI is InChI=1S/C18H30N2/c1-13-9-14(2)18(15(3)10-13)12-17(20-19)11-16-7-5-4-6-8-16/h9-10,16-17,20H,4-8,11-12,19H2,1-3H3. The molecule has 0 spiro atoms. The Hall–Kier alpha value is -0.860. The molecule has 0 bridgehead atoms. The number of nitrogens with two attached hydrogens (primary N) is 1. The highest BCUT2D eigenvalue weighted by atomic mass is 15.2. The summed E-state index contributed by atoms with van der Waals surface area (Å²) in [7, 11) is 0. The van der Waals surface area contributed by atoms with E-state index in [0.29, 0.717) is 6.04 Å². The molecule has 1 fully saturated rings. The van der Waals surface area contributed by atoms with Crippen LogP contribution in [0, 0.1) is 26.7 Å². The van der Waals surface area contributed by atoms with Gasteiger partial charge in [0.25, 0.3) is 0 Å². The summed E-state index contributed by atoms with van der Waals surface area (Å²) in [4.78, 5) is 0. The molecule has 1 aliphatic rings. The summed E-state index contributed by atoms with van der Waals surface area (Å²) in [5.74, 6) is 6.69. The number of rotatable bonds is 5. The van der Waals surface area contributed by atoms with Crippen LogP contribution in [-0.2, 0) is 6.42 Å². The molecule has 112 valence electrons. The van der Waals surface area contributed by atoms with Crippen molar-refractivity contribution in [1.82, 2.24) is 5.43 Å². The smallest absolute Gasteiger partial charge is 0.0253 e. The Kier molecular flexibility index (Phi) is 5.62. The first kappa shape index (κ1) is 15.5. The molecule has 1 unspecified atom stereocenters. The highest BCUT2D eigenvalue weighted by Crippen LogP contribution is 2.28. The molecule has 2 nitrogen and oxygen atoms in total.